The summed E-state index contributed by atoms with van der Waals surface area (Å²) in [5, 5.41) is 13.8. The number of nitrogens with zero attached hydrogens (tertiary/aromatic N) is 1. The molecule has 1 saturated heterocycles. The molecule has 0 spiro atoms. The summed E-state index contributed by atoms with van der Waals surface area (Å²) in [5.74, 6) is -1.00. The van der Waals surface area contributed by atoms with Crippen LogP contribution in [0.25, 0.3) is 6.08 Å². The van der Waals surface area contributed by atoms with Crippen LogP contribution in [0.15, 0.2) is 89.0 Å². The van der Waals surface area contributed by atoms with Gasteiger partial charge in [0.15, 0.2) is 0 Å². The Hall–Kier alpha value is -3.43. The topological polar surface area (TPSA) is 69.6 Å². The number of carbonyl (C=O) groups is 2. The Morgan fingerprint density at radius 3 is 2.08 bits per heavy atom. The lowest BCUT2D eigenvalue weighted by Gasteiger charge is -2.38. The molecular formula is C28H24BrF3N2O3. The highest BCUT2D eigenvalue weighted by atomic mass is 79.9. The van der Waals surface area contributed by atoms with Crippen molar-refractivity contribution in [3.05, 3.63) is 111 Å². The number of nitrogens with one attached hydrogen (secondary N) is 1. The molecule has 0 atom stereocenters. The summed E-state index contributed by atoms with van der Waals surface area (Å²) < 4.78 is 39.8. The fourth-order valence-electron chi connectivity index (χ4n) is 4.17. The first-order valence-electron chi connectivity index (χ1n) is 11.6. The first-order chi connectivity index (χ1) is 17.5. The Balaban J connectivity index is 1.56. The number of aliphatic hydroxyl groups is 1. The standard InChI is InChI=1S/C28H24BrF3N2O3/c29-23-12-10-21(11-13-23)27(37)14-16-34(17-15-27)26(36)24(33-25(35)20-4-2-1-3-5-20)18-19-6-8-22(9-7-19)28(30,31)32/h1-13,18,37H,14-17H2,(H,33,35)/b24-18-. The van der Waals surface area contributed by atoms with Gasteiger partial charge in [-0.15, -0.1) is 0 Å². The van der Waals surface area contributed by atoms with Crippen molar-refractivity contribution >= 4 is 33.8 Å². The fourth-order valence-corrected chi connectivity index (χ4v) is 4.43. The van der Waals surface area contributed by atoms with E-state index in [1.165, 1.54) is 23.1 Å². The average molecular weight is 573 g/mol. The van der Waals surface area contributed by atoms with Crippen LogP contribution in [0.3, 0.4) is 0 Å². The lowest BCUT2D eigenvalue weighted by atomic mass is 9.84. The second-order valence-electron chi connectivity index (χ2n) is 8.83. The van der Waals surface area contributed by atoms with Gasteiger partial charge in [-0.25, -0.2) is 0 Å². The van der Waals surface area contributed by atoms with Crippen LogP contribution in [0.4, 0.5) is 13.2 Å². The van der Waals surface area contributed by atoms with Crippen LogP contribution in [0.2, 0.25) is 0 Å². The number of amides is 2. The zero-order chi connectivity index (χ0) is 26.6. The molecule has 0 saturated carbocycles. The molecule has 1 aliphatic rings. The first kappa shape index (κ1) is 26.6. The van der Waals surface area contributed by atoms with E-state index in [4.69, 9.17) is 0 Å². The SMILES string of the molecule is O=C(N/C(=C\c1ccc(C(F)(F)F)cc1)C(=O)N1CCC(O)(c2ccc(Br)cc2)CC1)c1ccccc1. The number of alkyl halides is 3. The zero-order valence-electron chi connectivity index (χ0n) is 19.6. The maximum atomic E-state index is 13.5. The van der Waals surface area contributed by atoms with Crippen molar-refractivity contribution in [2.24, 2.45) is 0 Å². The van der Waals surface area contributed by atoms with Crippen LogP contribution in [0.5, 0.6) is 0 Å². The van der Waals surface area contributed by atoms with Gasteiger partial charge in [-0.05, 0) is 66.4 Å². The van der Waals surface area contributed by atoms with Crippen molar-refractivity contribution in [1.29, 1.82) is 0 Å². The van der Waals surface area contributed by atoms with Crippen LogP contribution >= 0.6 is 15.9 Å². The molecule has 192 valence electrons. The van der Waals surface area contributed by atoms with Gasteiger partial charge in [-0.2, -0.15) is 13.2 Å². The van der Waals surface area contributed by atoms with Crippen molar-refractivity contribution < 1.29 is 27.9 Å². The summed E-state index contributed by atoms with van der Waals surface area (Å²) in [4.78, 5) is 27.8. The Labute approximate surface area is 220 Å². The van der Waals surface area contributed by atoms with Gasteiger partial charge in [-0.1, -0.05) is 58.4 Å². The number of benzene rings is 3. The predicted molar refractivity (Wildman–Crippen MR) is 137 cm³/mol. The predicted octanol–water partition coefficient (Wildman–Crippen LogP) is 5.75. The van der Waals surface area contributed by atoms with E-state index in [1.807, 2.05) is 24.3 Å². The number of likely N-dealkylation sites (tertiary alicyclic amines) is 1. The van der Waals surface area contributed by atoms with Gasteiger partial charge in [0, 0.05) is 23.1 Å². The average Bonchev–Trinajstić information content (AvgIpc) is 2.89. The molecule has 1 heterocycles. The minimum atomic E-state index is -4.48. The summed E-state index contributed by atoms with van der Waals surface area (Å²) in [5.41, 5.74) is -0.565. The van der Waals surface area contributed by atoms with Crippen LogP contribution in [0, 0.1) is 0 Å². The molecule has 37 heavy (non-hydrogen) atoms. The number of rotatable bonds is 5. The summed E-state index contributed by atoms with van der Waals surface area (Å²) in [6.45, 7) is 0.466. The number of hydrogen-bond acceptors (Lipinski definition) is 3. The minimum absolute atomic E-state index is 0.0670. The van der Waals surface area contributed by atoms with E-state index >= 15 is 0 Å². The highest BCUT2D eigenvalue weighted by Crippen LogP contribution is 2.34. The van der Waals surface area contributed by atoms with E-state index in [-0.39, 0.29) is 18.8 Å². The molecule has 1 aliphatic heterocycles. The molecule has 5 nitrogen and oxygen atoms in total. The molecule has 3 aromatic rings. The molecule has 9 heteroatoms. The summed E-state index contributed by atoms with van der Waals surface area (Å²) >= 11 is 3.38. The second kappa shape index (κ2) is 10.9. The van der Waals surface area contributed by atoms with Crippen molar-refractivity contribution in [2.45, 2.75) is 24.6 Å². The summed E-state index contributed by atoms with van der Waals surface area (Å²) in [7, 11) is 0. The van der Waals surface area contributed by atoms with Crippen LogP contribution in [-0.4, -0.2) is 34.9 Å². The van der Waals surface area contributed by atoms with Crippen molar-refractivity contribution in [1.82, 2.24) is 10.2 Å². The molecule has 3 aromatic carbocycles. The molecule has 0 aromatic heterocycles. The maximum absolute atomic E-state index is 13.5. The number of hydrogen-bond donors (Lipinski definition) is 2. The van der Waals surface area contributed by atoms with E-state index in [9.17, 15) is 27.9 Å². The van der Waals surface area contributed by atoms with E-state index < -0.39 is 29.2 Å². The highest BCUT2D eigenvalue weighted by Gasteiger charge is 2.36. The maximum Gasteiger partial charge on any atom is 0.416 e. The van der Waals surface area contributed by atoms with Gasteiger partial charge >= 0.3 is 6.18 Å². The lowest BCUT2D eigenvalue weighted by Crippen LogP contribution is -2.47. The quantitative estimate of drug-likeness (QED) is 0.382. The number of carbonyl (C=O) groups excluding carboxylic acids is 2. The monoisotopic (exact) mass is 572 g/mol. The Morgan fingerprint density at radius 1 is 0.919 bits per heavy atom. The molecule has 0 unspecified atom stereocenters. The number of halogens is 4. The third kappa shape index (κ3) is 6.47. The molecule has 2 amide bonds. The van der Waals surface area contributed by atoms with E-state index in [0.717, 1.165) is 22.2 Å². The largest absolute Gasteiger partial charge is 0.416 e. The van der Waals surface area contributed by atoms with Crippen molar-refractivity contribution in [2.75, 3.05) is 13.1 Å². The van der Waals surface area contributed by atoms with Crippen molar-refractivity contribution in [3.63, 3.8) is 0 Å². The van der Waals surface area contributed by atoms with Crippen LogP contribution in [0.1, 0.15) is 39.9 Å². The normalized spacial score (nSPS) is 15.8. The fraction of sp³-hybridized carbons (Fsp3) is 0.214. The van der Waals surface area contributed by atoms with Gasteiger partial charge in [0.05, 0.1) is 11.2 Å². The zero-order valence-corrected chi connectivity index (χ0v) is 21.2. The van der Waals surface area contributed by atoms with Crippen LogP contribution < -0.4 is 5.32 Å². The Morgan fingerprint density at radius 2 is 1.51 bits per heavy atom. The van der Waals surface area contributed by atoms with E-state index in [1.54, 1.807) is 30.3 Å². The molecule has 4 rings (SSSR count). The van der Waals surface area contributed by atoms with Crippen LogP contribution in [-0.2, 0) is 16.6 Å². The molecule has 1 fully saturated rings. The molecule has 0 bridgehead atoms. The molecule has 2 N–H and O–H groups in total. The molecular weight excluding hydrogens is 549 g/mol. The first-order valence-corrected chi connectivity index (χ1v) is 12.4. The summed E-state index contributed by atoms with van der Waals surface area (Å²) in [6.07, 6.45) is -2.54. The summed E-state index contributed by atoms with van der Waals surface area (Å²) in [6, 6.07) is 20.0. The van der Waals surface area contributed by atoms with Gasteiger partial charge < -0.3 is 15.3 Å². The molecule has 0 aliphatic carbocycles. The Bertz CT molecular complexity index is 1280. The lowest BCUT2D eigenvalue weighted by molar-refractivity contribution is -0.137. The third-order valence-corrected chi connectivity index (χ3v) is 6.85. The Kier molecular flexibility index (Phi) is 7.85. The van der Waals surface area contributed by atoms with E-state index in [2.05, 4.69) is 21.2 Å². The van der Waals surface area contributed by atoms with Gasteiger partial charge in [0.2, 0.25) is 0 Å². The number of piperidine rings is 1. The van der Waals surface area contributed by atoms with E-state index in [0.29, 0.717) is 24.0 Å². The molecule has 0 radical (unpaired) electrons. The van der Waals surface area contributed by atoms with Gasteiger partial charge in [-0.3, -0.25) is 9.59 Å². The minimum Gasteiger partial charge on any atom is -0.385 e. The second-order valence-corrected chi connectivity index (χ2v) is 9.74. The van der Waals surface area contributed by atoms with Gasteiger partial charge in [0.1, 0.15) is 5.70 Å². The van der Waals surface area contributed by atoms with Crippen molar-refractivity contribution in [3.8, 4) is 0 Å². The highest BCUT2D eigenvalue weighted by molar-refractivity contribution is 9.10. The third-order valence-electron chi connectivity index (χ3n) is 6.32. The smallest absolute Gasteiger partial charge is 0.385 e. The van der Waals surface area contributed by atoms with Gasteiger partial charge in [0.25, 0.3) is 11.8 Å².